The number of benzene rings is 2. The molecule has 1 N–H and O–H groups in total. The smallest absolute Gasteiger partial charge is 0.118 e. The van der Waals surface area contributed by atoms with Crippen LogP contribution in [0.15, 0.2) is 46.9 Å². The van der Waals surface area contributed by atoms with Crippen LogP contribution in [0, 0.1) is 6.92 Å². The zero-order valence-electron chi connectivity index (χ0n) is 12.8. The number of rotatable bonds is 6. The van der Waals surface area contributed by atoms with E-state index < -0.39 is 0 Å². The van der Waals surface area contributed by atoms with Crippen molar-refractivity contribution in [2.24, 2.45) is 0 Å². The number of aryl methyl sites for hydroxylation is 1. The zero-order valence-corrected chi connectivity index (χ0v) is 14.4. The van der Waals surface area contributed by atoms with E-state index in [1.54, 1.807) is 7.11 Å². The van der Waals surface area contributed by atoms with E-state index in [2.05, 4.69) is 65.4 Å². The van der Waals surface area contributed by atoms with Gasteiger partial charge in [-0.05, 0) is 54.8 Å². The van der Waals surface area contributed by atoms with Crippen molar-refractivity contribution in [2.45, 2.75) is 26.3 Å². The van der Waals surface area contributed by atoms with Gasteiger partial charge in [0.15, 0.2) is 0 Å². The van der Waals surface area contributed by atoms with Crippen LogP contribution in [-0.2, 0) is 0 Å². The molecule has 21 heavy (non-hydrogen) atoms. The van der Waals surface area contributed by atoms with E-state index in [1.165, 1.54) is 16.7 Å². The summed E-state index contributed by atoms with van der Waals surface area (Å²) in [7, 11) is 1.69. The second kappa shape index (κ2) is 7.62. The van der Waals surface area contributed by atoms with Crippen LogP contribution in [0.1, 0.15) is 36.1 Å². The highest BCUT2D eigenvalue weighted by Gasteiger charge is 2.16. The molecule has 0 amide bonds. The Balaban J connectivity index is 2.36. The van der Waals surface area contributed by atoms with Crippen LogP contribution in [0.25, 0.3) is 0 Å². The second-order valence-corrected chi connectivity index (χ2v) is 6.04. The van der Waals surface area contributed by atoms with Crippen molar-refractivity contribution >= 4 is 15.9 Å². The predicted octanol–water partition coefficient (Wildman–Crippen LogP) is 4.86. The highest BCUT2D eigenvalue weighted by Crippen LogP contribution is 2.30. The molecule has 1 atom stereocenters. The van der Waals surface area contributed by atoms with Gasteiger partial charge in [-0.3, -0.25) is 0 Å². The summed E-state index contributed by atoms with van der Waals surface area (Å²) in [6, 6.07) is 15.0. The van der Waals surface area contributed by atoms with Crippen LogP contribution in [-0.4, -0.2) is 13.7 Å². The molecule has 0 heterocycles. The summed E-state index contributed by atoms with van der Waals surface area (Å²) in [5, 5.41) is 3.63. The Morgan fingerprint density at radius 2 is 1.86 bits per heavy atom. The Hall–Kier alpha value is -1.32. The first-order chi connectivity index (χ1) is 10.2. The molecule has 2 nitrogen and oxygen atoms in total. The monoisotopic (exact) mass is 347 g/mol. The first-order valence-corrected chi connectivity index (χ1v) is 8.08. The number of methoxy groups -OCH3 is 1. The summed E-state index contributed by atoms with van der Waals surface area (Å²) in [6.45, 7) is 5.27. The lowest BCUT2D eigenvalue weighted by molar-refractivity contribution is 0.414. The third kappa shape index (κ3) is 4.08. The van der Waals surface area contributed by atoms with Crippen molar-refractivity contribution in [1.82, 2.24) is 5.32 Å². The normalized spacial score (nSPS) is 12.2. The van der Waals surface area contributed by atoms with Crippen LogP contribution in [0.2, 0.25) is 0 Å². The molecule has 0 spiro atoms. The molecule has 1 unspecified atom stereocenters. The third-order valence-corrected chi connectivity index (χ3v) is 4.20. The first kappa shape index (κ1) is 16.1. The molecule has 3 heteroatoms. The van der Waals surface area contributed by atoms with Crippen molar-refractivity contribution in [3.8, 4) is 5.75 Å². The third-order valence-electron chi connectivity index (χ3n) is 3.51. The van der Waals surface area contributed by atoms with Gasteiger partial charge < -0.3 is 10.1 Å². The number of halogens is 1. The number of ether oxygens (including phenoxy) is 1. The lowest BCUT2D eigenvalue weighted by Gasteiger charge is -2.21. The van der Waals surface area contributed by atoms with Gasteiger partial charge in [0, 0.05) is 4.47 Å². The summed E-state index contributed by atoms with van der Waals surface area (Å²) in [5.74, 6) is 0.885. The van der Waals surface area contributed by atoms with Crippen LogP contribution in [0.5, 0.6) is 5.75 Å². The molecule has 112 valence electrons. The van der Waals surface area contributed by atoms with Crippen molar-refractivity contribution in [3.05, 3.63) is 63.6 Å². The SMILES string of the molecule is CCCNC(c1ccc(OC)cc1)c1ccc(C)cc1Br. The van der Waals surface area contributed by atoms with Crippen LogP contribution in [0.3, 0.4) is 0 Å². The molecular weight excluding hydrogens is 326 g/mol. The molecule has 0 bridgehead atoms. The van der Waals surface area contributed by atoms with Gasteiger partial charge in [-0.25, -0.2) is 0 Å². The fourth-order valence-corrected chi connectivity index (χ4v) is 3.08. The molecule has 2 aromatic rings. The minimum absolute atomic E-state index is 0.186. The summed E-state index contributed by atoms with van der Waals surface area (Å²) < 4.78 is 6.39. The van der Waals surface area contributed by atoms with E-state index in [0.29, 0.717) is 0 Å². The van der Waals surface area contributed by atoms with Crippen molar-refractivity contribution in [3.63, 3.8) is 0 Å². The van der Waals surface area contributed by atoms with Crippen molar-refractivity contribution < 1.29 is 4.74 Å². The fourth-order valence-electron chi connectivity index (χ4n) is 2.36. The van der Waals surface area contributed by atoms with Gasteiger partial charge in [-0.1, -0.05) is 47.1 Å². The van der Waals surface area contributed by atoms with Crippen LogP contribution in [0.4, 0.5) is 0 Å². The maximum absolute atomic E-state index is 5.25. The summed E-state index contributed by atoms with van der Waals surface area (Å²) in [5.41, 5.74) is 3.77. The summed E-state index contributed by atoms with van der Waals surface area (Å²) in [4.78, 5) is 0. The summed E-state index contributed by atoms with van der Waals surface area (Å²) in [6.07, 6.45) is 1.11. The molecular formula is C18H22BrNO. The standard InChI is InChI=1S/C18H22BrNO/c1-4-11-20-18(14-6-8-15(21-3)9-7-14)16-10-5-13(2)12-17(16)19/h5-10,12,18,20H,4,11H2,1-3H3. The molecule has 0 aliphatic carbocycles. The van der Waals surface area contributed by atoms with Gasteiger partial charge in [0.25, 0.3) is 0 Å². The highest BCUT2D eigenvalue weighted by molar-refractivity contribution is 9.10. The molecule has 0 aliphatic heterocycles. The van der Waals surface area contributed by atoms with Crippen molar-refractivity contribution in [1.29, 1.82) is 0 Å². The van der Waals surface area contributed by atoms with Crippen LogP contribution < -0.4 is 10.1 Å². The second-order valence-electron chi connectivity index (χ2n) is 5.19. The minimum atomic E-state index is 0.186. The van der Waals surface area contributed by atoms with E-state index in [0.717, 1.165) is 23.2 Å². The van der Waals surface area contributed by atoms with Gasteiger partial charge in [0.2, 0.25) is 0 Å². The van der Waals surface area contributed by atoms with Gasteiger partial charge >= 0.3 is 0 Å². The van der Waals surface area contributed by atoms with E-state index in [9.17, 15) is 0 Å². The zero-order chi connectivity index (χ0) is 15.2. The number of nitrogens with one attached hydrogen (secondary N) is 1. The molecule has 0 aliphatic rings. The van der Waals surface area contributed by atoms with Crippen LogP contribution >= 0.6 is 15.9 Å². The van der Waals surface area contributed by atoms with E-state index in [1.807, 2.05) is 12.1 Å². The molecule has 0 fully saturated rings. The van der Waals surface area contributed by atoms with Gasteiger partial charge in [-0.15, -0.1) is 0 Å². The Kier molecular flexibility index (Phi) is 5.83. The molecule has 2 aromatic carbocycles. The predicted molar refractivity (Wildman–Crippen MR) is 92.0 cm³/mol. The average molecular weight is 348 g/mol. The van der Waals surface area contributed by atoms with E-state index in [-0.39, 0.29) is 6.04 Å². The Morgan fingerprint density at radius 1 is 1.14 bits per heavy atom. The lowest BCUT2D eigenvalue weighted by atomic mass is 9.97. The quantitative estimate of drug-likeness (QED) is 0.805. The van der Waals surface area contributed by atoms with Gasteiger partial charge in [-0.2, -0.15) is 0 Å². The average Bonchev–Trinajstić information content (AvgIpc) is 2.50. The summed E-state index contributed by atoms with van der Waals surface area (Å²) >= 11 is 3.70. The largest absolute Gasteiger partial charge is 0.497 e. The Bertz CT molecular complexity index is 580. The minimum Gasteiger partial charge on any atom is -0.497 e. The molecule has 0 aromatic heterocycles. The fraction of sp³-hybridized carbons (Fsp3) is 0.333. The maximum atomic E-state index is 5.25. The lowest BCUT2D eigenvalue weighted by Crippen LogP contribution is -2.23. The first-order valence-electron chi connectivity index (χ1n) is 7.29. The molecule has 0 saturated carbocycles. The molecule has 2 rings (SSSR count). The number of hydrogen-bond acceptors (Lipinski definition) is 2. The Labute approximate surface area is 135 Å². The highest BCUT2D eigenvalue weighted by atomic mass is 79.9. The van der Waals surface area contributed by atoms with Gasteiger partial charge in [0.1, 0.15) is 5.75 Å². The van der Waals surface area contributed by atoms with E-state index in [4.69, 9.17) is 4.74 Å². The number of hydrogen-bond donors (Lipinski definition) is 1. The topological polar surface area (TPSA) is 21.3 Å². The maximum Gasteiger partial charge on any atom is 0.118 e. The molecule has 0 saturated heterocycles. The Morgan fingerprint density at radius 3 is 2.43 bits per heavy atom. The van der Waals surface area contributed by atoms with E-state index >= 15 is 0 Å². The molecule has 0 radical (unpaired) electrons. The van der Waals surface area contributed by atoms with Gasteiger partial charge in [0.05, 0.1) is 13.2 Å². The van der Waals surface area contributed by atoms with Crippen molar-refractivity contribution in [2.75, 3.05) is 13.7 Å².